The van der Waals surface area contributed by atoms with Gasteiger partial charge in [-0.05, 0) is 5.56 Å². The van der Waals surface area contributed by atoms with E-state index in [0.29, 0.717) is 11.5 Å². The fraction of sp³-hybridized carbons (Fsp3) is 0.417. The molecule has 2 rings (SSSR count). The second kappa shape index (κ2) is 5.42. The molecule has 5 heteroatoms. The van der Waals surface area contributed by atoms with Crippen LogP contribution in [0.2, 0.25) is 0 Å². The van der Waals surface area contributed by atoms with Crippen LogP contribution in [0, 0.1) is 0 Å². The van der Waals surface area contributed by atoms with E-state index in [1.54, 1.807) is 11.8 Å². The van der Waals surface area contributed by atoms with Crippen LogP contribution in [-0.2, 0) is 11.3 Å². The zero-order valence-corrected chi connectivity index (χ0v) is 10.2. The van der Waals surface area contributed by atoms with Gasteiger partial charge in [0.25, 0.3) is 0 Å². The van der Waals surface area contributed by atoms with Gasteiger partial charge in [-0.3, -0.25) is 0 Å². The molecule has 2 N–H and O–H groups in total. The van der Waals surface area contributed by atoms with E-state index in [4.69, 9.17) is 4.74 Å². The Morgan fingerprint density at radius 1 is 1.41 bits per heavy atom. The average Bonchev–Trinajstić information content (AvgIpc) is 2.33. The minimum atomic E-state index is -0.740. The number of alkyl carbamates (subject to hydrolysis) is 1. The van der Waals surface area contributed by atoms with Gasteiger partial charge in [0, 0.05) is 11.5 Å². The number of hydrogen-bond acceptors (Lipinski definition) is 4. The van der Waals surface area contributed by atoms with Gasteiger partial charge in [0.05, 0.1) is 6.54 Å². The number of rotatable bonds is 4. The standard InChI is InChI=1S/C12H15NO3S/c14-11(13-7-12(15)8-17-9-12)16-6-10-4-2-1-3-5-10/h1-5,15H,6-9H2,(H,13,14). The highest BCUT2D eigenvalue weighted by Crippen LogP contribution is 2.28. The van der Waals surface area contributed by atoms with Crippen LogP contribution < -0.4 is 5.32 Å². The van der Waals surface area contributed by atoms with E-state index in [2.05, 4.69) is 5.32 Å². The fourth-order valence-electron chi connectivity index (χ4n) is 1.45. The number of carbonyl (C=O) groups excluding carboxylic acids is 1. The summed E-state index contributed by atoms with van der Waals surface area (Å²) in [5, 5.41) is 12.3. The van der Waals surface area contributed by atoms with Crippen molar-refractivity contribution >= 4 is 17.9 Å². The monoisotopic (exact) mass is 253 g/mol. The van der Waals surface area contributed by atoms with Crippen molar-refractivity contribution in [2.75, 3.05) is 18.1 Å². The zero-order chi connectivity index (χ0) is 12.1. The molecule has 1 aliphatic rings. The molecule has 1 saturated heterocycles. The van der Waals surface area contributed by atoms with Crippen LogP contribution in [0.4, 0.5) is 4.79 Å². The first-order valence-electron chi connectivity index (χ1n) is 5.43. The van der Waals surface area contributed by atoms with Crippen molar-refractivity contribution in [3.8, 4) is 0 Å². The van der Waals surface area contributed by atoms with Crippen molar-refractivity contribution in [2.24, 2.45) is 0 Å². The van der Waals surface area contributed by atoms with E-state index >= 15 is 0 Å². The third kappa shape index (κ3) is 3.64. The maximum absolute atomic E-state index is 11.4. The smallest absolute Gasteiger partial charge is 0.407 e. The van der Waals surface area contributed by atoms with Gasteiger partial charge in [-0.2, -0.15) is 11.8 Å². The number of nitrogens with one attached hydrogen (secondary N) is 1. The summed E-state index contributed by atoms with van der Waals surface area (Å²) in [6, 6.07) is 9.48. The number of thioether (sulfide) groups is 1. The first-order valence-corrected chi connectivity index (χ1v) is 6.58. The van der Waals surface area contributed by atoms with Crippen LogP contribution in [0.15, 0.2) is 30.3 Å². The molecule has 0 radical (unpaired) electrons. The molecule has 0 saturated carbocycles. The van der Waals surface area contributed by atoms with E-state index in [-0.39, 0.29) is 13.2 Å². The van der Waals surface area contributed by atoms with Crippen molar-refractivity contribution in [1.82, 2.24) is 5.32 Å². The van der Waals surface area contributed by atoms with Gasteiger partial charge < -0.3 is 15.2 Å². The maximum Gasteiger partial charge on any atom is 0.407 e. The summed E-state index contributed by atoms with van der Waals surface area (Å²) < 4.78 is 5.02. The van der Waals surface area contributed by atoms with Crippen LogP contribution in [0.3, 0.4) is 0 Å². The summed E-state index contributed by atoms with van der Waals surface area (Å²) >= 11 is 1.66. The molecule has 1 heterocycles. The molecule has 1 aliphatic heterocycles. The molecule has 17 heavy (non-hydrogen) atoms. The normalized spacial score (nSPS) is 17.0. The van der Waals surface area contributed by atoms with Crippen LogP contribution in [0.25, 0.3) is 0 Å². The number of hydrogen-bond donors (Lipinski definition) is 2. The van der Waals surface area contributed by atoms with Crippen LogP contribution in [0.1, 0.15) is 5.56 Å². The molecule has 1 aromatic carbocycles. The topological polar surface area (TPSA) is 58.6 Å². The fourth-order valence-corrected chi connectivity index (χ4v) is 2.33. The molecule has 4 nitrogen and oxygen atoms in total. The van der Waals surface area contributed by atoms with Gasteiger partial charge in [-0.1, -0.05) is 30.3 Å². The van der Waals surface area contributed by atoms with E-state index in [9.17, 15) is 9.90 Å². The van der Waals surface area contributed by atoms with Gasteiger partial charge in [-0.25, -0.2) is 4.79 Å². The summed E-state index contributed by atoms with van der Waals surface area (Å²) in [5.41, 5.74) is 0.205. The quantitative estimate of drug-likeness (QED) is 0.851. The van der Waals surface area contributed by atoms with E-state index in [1.807, 2.05) is 30.3 Å². The number of aliphatic hydroxyl groups is 1. The Morgan fingerprint density at radius 2 is 2.12 bits per heavy atom. The largest absolute Gasteiger partial charge is 0.445 e. The number of benzene rings is 1. The molecule has 92 valence electrons. The lowest BCUT2D eigenvalue weighted by molar-refractivity contribution is 0.0717. The predicted octanol–water partition coefficient (Wildman–Crippen LogP) is 1.39. The summed E-state index contributed by atoms with van der Waals surface area (Å²) in [4.78, 5) is 11.4. The van der Waals surface area contributed by atoms with Crippen LogP contribution in [0.5, 0.6) is 0 Å². The van der Waals surface area contributed by atoms with Crippen LogP contribution in [-0.4, -0.2) is 34.9 Å². The lowest BCUT2D eigenvalue weighted by Gasteiger charge is -2.35. The Bertz CT molecular complexity index is 379. The Balaban J connectivity index is 1.67. The summed E-state index contributed by atoms with van der Waals surface area (Å²) in [6.45, 7) is 0.507. The van der Waals surface area contributed by atoms with Crippen molar-refractivity contribution in [3.05, 3.63) is 35.9 Å². The van der Waals surface area contributed by atoms with Crippen molar-refractivity contribution < 1.29 is 14.6 Å². The Hall–Kier alpha value is -1.20. The van der Waals surface area contributed by atoms with E-state index in [1.165, 1.54) is 0 Å². The first-order chi connectivity index (χ1) is 8.18. The lowest BCUT2D eigenvalue weighted by Crippen LogP contribution is -2.52. The third-order valence-electron chi connectivity index (χ3n) is 2.52. The molecule has 0 unspecified atom stereocenters. The van der Waals surface area contributed by atoms with Gasteiger partial charge in [-0.15, -0.1) is 0 Å². The summed E-state index contributed by atoms with van der Waals surface area (Å²) in [7, 11) is 0. The summed E-state index contributed by atoms with van der Waals surface area (Å²) in [6.07, 6.45) is -0.487. The molecular formula is C12H15NO3S. The van der Waals surface area contributed by atoms with Crippen molar-refractivity contribution in [1.29, 1.82) is 0 Å². The molecule has 1 aromatic rings. The van der Waals surface area contributed by atoms with Crippen molar-refractivity contribution in [2.45, 2.75) is 12.2 Å². The highest BCUT2D eigenvalue weighted by atomic mass is 32.2. The minimum Gasteiger partial charge on any atom is -0.445 e. The highest BCUT2D eigenvalue weighted by molar-refractivity contribution is 8.00. The first kappa shape index (κ1) is 12.3. The SMILES string of the molecule is O=C(NCC1(O)CSC1)OCc1ccccc1. The highest BCUT2D eigenvalue weighted by Gasteiger charge is 2.35. The minimum absolute atomic E-state index is 0.250. The van der Waals surface area contributed by atoms with Gasteiger partial charge in [0.1, 0.15) is 12.2 Å². The van der Waals surface area contributed by atoms with Gasteiger partial charge in [0.2, 0.25) is 0 Å². The maximum atomic E-state index is 11.4. The molecule has 0 bridgehead atoms. The van der Waals surface area contributed by atoms with E-state index in [0.717, 1.165) is 5.56 Å². The molecular weight excluding hydrogens is 238 g/mol. The number of carbonyl (C=O) groups is 1. The number of amides is 1. The van der Waals surface area contributed by atoms with Gasteiger partial charge >= 0.3 is 6.09 Å². The second-order valence-electron chi connectivity index (χ2n) is 4.13. The Morgan fingerprint density at radius 3 is 2.71 bits per heavy atom. The molecule has 0 aromatic heterocycles. The summed E-state index contributed by atoms with van der Waals surface area (Å²) in [5.74, 6) is 1.35. The molecule has 0 spiro atoms. The lowest BCUT2D eigenvalue weighted by atomic mass is 10.1. The van der Waals surface area contributed by atoms with Crippen LogP contribution >= 0.6 is 11.8 Å². The average molecular weight is 253 g/mol. The second-order valence-corrected chi connectivity index (χ2v) is 5.12. The van der Waals surface area contributed by atoms with Gasteiger partial charge in [0.15, 0.2) is 0 Å². The molecule has 0 aliphatic carbocycles. The zero-order valence-electron chi connectivity index (χ0n) is 9.39. The van der Waals surface area contributed by atoms with Crippen molar-refractivity contribution in [3.63, 3.8) is 0 Å². The Kier molecular flexibility index (Phi) is 3.91. The predicted molar refractivity (Wildman–Crippen MR) is 66.9 cm³/mol. The third-order valence-corrected chi connectivity index (χ3v) is 4.00. The Labute approximate surface area is 104 Å². The van der Waals surface area contributed by atoms with E-state index < -0.39 is 11.7 Å². The molecule has 0 atom stereocenters. The number of ether oxygens (including phenoxy) is 1. The molecule has 1 amide bonds. The molecule has 1 fully saturated rings.